The van der Waals surface area contributed by atoms with E-state index in [1.54, 1.807) is 96.3 Å². The van der Waals surface area contributed by atoms with Crippen LogP contribution in [0.4, 0.5) is 11.4 Å². The molecule has 4 N–H and O–H groups in total. The Balaban J connectivity index is 0.963. The van der Waals surface area contributed by atoms with Crippen LogP contribution >= 0.6 is 0 Å². The molecule has 0 unspecified atom stereocenters. The summed E-state index contributed by atoms with van der Waals surface area (Å²) in [4.78, 5) is 69.4. The monoisotopic (exact) mass is 752 g/mol. The number of carbonyl (C=O) groups excluding carboxylic acids is 5. The maximum Gasteiger partial charge on any atom is 0.268 e. The van der Waals surface area contributed by atoms with Crippen LogP contribution in [0.2, 0.25) is 0 Å². The van der Waals surface area contributed by atoms with Gasteiger partial charge in [-0.25, -0.2) is 0 Å². The van der Waals surface area contributed by atoms with Crippen LogP contribution in [0.25, 0.3) is 0 Å². The third-order valence-electron chi connectivity index (χ3n) is 9.67. The van der Waals surface area contributed by atoms with Gasteiger partial charge >= 0.3 is 0 Å². The number of rotatable bonds is 15. The minimum atomic E-state index is -0.384. The molecule has 55 heavy (non-hydrogen) atoms. The molecule has 6 rings (SSSR count). The third-order valence-corrected chi connectivity index (χ3v) is 9.67. The molecule has 0 aliphatic carbocycles. The lowest BCUT2D eigenvalue weighted by Gasteiger charge is -2.26. The number of nitrogens with zero attached hydrogens (tertiary/aromatic N) is 4. The summed E-state index contributed by atoms with van der Waals surface area (Å²) in [5.41, 5.74) is 3.23. The number of aryl methyl sites for hydroxylation is 2. The standard InChI is InChI=1S/C40H48N8O7/c1-45-26-32(24-34(45)39(52)41-12-3-14-47-16-20-54-21-17-47)43-37(50)30-8-4-28(5-9-30)36(49)29-6-10-31(11-7-29)38(51)44-33-25-35(46(2)27-33)40(53)42-13-15-48-18-22-55-23-19-48/h4-11,24-27H,3,12-23H2,1-2H3,(H,41,52)(H,42,53)(H,43,50)(H,44,51). The van der Waals surface area contributed by atoms with E-state index in [0.29, 0.717) is 71.3 Å². The molecule has 2 aliphatic rings. The van der Waals surface area contributed by atoms with Gasteiger partial charge in [0.1, 0.15) is 11.4 Å². The van der Waals surface area contributed by atoms with Crippen LogP contribution < -0.4 is 21.3 Å². The van der Waals surface area contributed by atoms with Crippen molar-refractivity contribution >= 4 is 40.8 Å². The predicted octanol–water partition coefficient (Wildman–Crippen LogP) is 2.61. The molecule has 2 aromatic heterocycles. The Labute approximate surface area is 319 Å². The van der Waals surface area contributed by atoms with Gasteiger partial charge in [0.15, 0.2) is 5.78 Å². The van der Waals surface area contributed by atoms with E-state index < -0.39 is 0 Å². The lowest BCUT2D eigenvalue weighted by atomic mass is 10.0. The van der Waals surface area contributed by atoms with E-state index in [2.05, 4.69) is 31.1 Å². The van der Waals surface area contributed by atoms with E-state index >= 15 is 0 Å². The van der Waals surface area contributed by atoms with Crippen LogP contribution in [-0.2, 0) is 23.6 Å². The number of carbonyl (C=O) groups is 5. The molecule has 0 radical (unpaired) electrons. The smallest absolute Gasteiger partial charge is 0.268 e. The lowest BCUT2D eigenvalue weighted by Crippen LogP contribution is -2.41. The first kappa shape index (κ1) is 39.1. The van der Waals surface area contributed by atoms with E-state index in [9.17, 15) is 24.0 Å². The Morgan fingerprint density at radius 2 is 0.945 bits per heavy atom. The number of ketones is 1. The number of amides is 4. The molecule has 15 heteroatoms. The summed E-state index contributed by atoms with van der Waals surface area (Å²) >= 11 is 0. The second-order valence-electron chi connectivity index (χ2n) is 13.6. The number of ether oxygens (including phenoxy) is 2. The van der Waals surface area contributed by atoms with E-state index in [0.717, 1.165) is 58.9 Å². The summed E-state index contributed by atoms with van der Waals surface area (Å²) in [5, 5.41) is 11.5. The molecule has 15 nitrogen and oxygen atoms in total. The van der Waals surface area contributed by atoms with Crippen LogP contribution in [0.5, 0.6) is 0 Å². The first-order valence-electron chi connectivity index (χ1n) is 18.5. The number of nitrogens with one attached hydrogen (secondary N) is 4. The van der Waals surface area contributed by atoms with Crippen molar-refractivity contribution in [1.29, 1.82) is 0 Å². The summed E-state index contributed by atoms with van der Waals surface area (Å²) in [6, 6.07) is 15.8. The van der Waals surface area contributed by atoms with Crippen molar-refractivity contribution in [2.45, 2.75) is 6.42 Å². The number of aromatic nitrogens is 2. The van der Waals surface area contributed by atoms with Crippen LogP contribution in [0, 0.1) is 0 Å². The Morgan fingerprint density at radius 1 is 0.545 bits per heavy atom. The topological polar surface area (TPSA) is 168 Å². The van der Waals surface area contributed by atoms with Crippen molar-refractivity contribution in [2.75, 3.05) is 89.4 Å². The lowest BCUT2D eigenvalue weighted by molar-refractivity contribution is 0.0374. The van der Waals surface area contributed by atoms with E-state index in [-0.39, 0.29) is 29.4 Å². The highest BCUT2D eigenvalue weighted by atomic mass is 16.5. The van der Waals surface area contributed by atoms with E-state index in [4.69, 9.17) is 9.47 Å². The molecule has 2 aliphatic heterocycles. The van der Waals surface area contributed by atoms with Crippen LogP contribution in [0.1, 0.15) is 64.0 Å². The highest BCUT2D eigenvalue weighted by Gasteiger charge is 2.18. The first-order chi connectivity index (χ1) is 26.6. The average molecular weight is 753 g/mol. The minimum Gasteiger partial charge on any atom is -0.379 e. The zero-order valence-corrected chi connectivity index (χ0v) is 31.3. The molecule has 0 saturated carbocycles. The van der Waals surface area contributed by atoms with Gasteiger partial charge in [0.2, 0.25) is 0 Å². The van der Waals surface area contributed by atoms with Crippen molar-refractivity contribution in [3.63, 3.8) is 0 Å². The fourth-order valence-corrected chi connectivity index (χ4v) is 6.50. The Hall–Kier alpha value is -5.61. The largest absolute Gasteiger partial charge is 0.379 e. The SMILES string of the molecule is Cn1cc(NC(=O)c2ccc(C(=O)c3ccc(C(=O)Nc4cc(C(=O)NCCN5CCOCC5)n(C)c4)cc3)cc2)cc1C(=O)NCCCN1CCOCC1. The van der Waals surface area contributed by atoms with Crippen molar-refractivity contribution in [3.05, 3.63) is 107 Å². The molecule has 0 atom stereocenters. The van der Waals surface area contributed by atoms with Gasteiger partial charge in [0, 0.05) is 94.6 Å². The summed E-state index contributed by atoms with van der Waals surface area (Å²) < 4.78 is 14.1. The van der Waals surface area contributed by atoms with E-state index in [1.807, 2.05) is 0 Å². The fraction of sp³-hybridized carbons (Fsp3) is 0.375. The van der Waals surface area contributed by atoms with Crippen molar-refractivity contribution in [2.24, 2.45) is 14.1 Å². The molecule has 2 fully saturated rings. The molecule has 2 saturated heterocycles. The maximum absolute atomic E-state index is 13.2. The molecule has 4 aromatic rings. The van der Waals surface area contributed by atoms with Crippen molar-refractivity contribution < 1.29 is 33.4 Å². The number of benzene rings is 2. The van der Waals surface area contributed by atoms with Gasteiger partial charge in [-0.3, -0.25) is 33.8 Å². The highest BCUT2D eigenvalue weighted by Crippen LogP contribution is 2.18. The number of hydrogen-bond acceptors (Lipinski definition) is 9. The van der Waals surface area contributed by atoms with Gasteiger partial charge in [-0.05, 0) is 49.4 Å². The number of anilines is 2. The Bertz CT molecular complexity index is 1970. The van der Waals surface area contributed by atoms with Crippen LogP contribution in [0.15, 0.2) is 73.1 Å². The first-order valence-corrected chi connectivity index (χ1v) is 18.5. The second-order valence-corrected chi connectivity index (χ2v) is 13.6. The molecule has 0 bridgehead atoms. The zero-order chi connectivity index (χ0) is 38.7. The quantitative estimate of drug-likeness (QED) is 0.105. The zero-order valence-electron chi connectivity index (χ0n) is 31.3. The third kappa shape index (κ3) is 10.5. The maximum atomic E-state index is 13.2. The van der Waals surface area contributed by atoms with Gasteiger partial charge < -0.3 is 39.9 Å². The normalized spacial score (nSPS) is 14.9. The van der Waals surface area contributed by atoms with Gasteiger partial charge in [-0.1, -0.05) is 24.3 Å². The Kier molecular flexibility index (Phi) is 13.2. The summed E-state index contributed by atoms with van der Waals surface area (Å²) in [5.74, 6) is -1.49. The molecular weight excluding hydrogens is 704 g/mol. The summed E-state index contributed by atoms with van der Waals surface area (Å²) in [6.45, 7) is 9.05. The molecule has 4 amide bonds. The predicted molar refractivity (Wildman–Crippen MR) is 207 cm³/mol. The number of morpholine rings is 2. The molecular formula is C40H48N8O7. The molecule has 0 spiro atoms. The molecule has 290 valence electrons. The Morgan fingerprint density at radius 3 is 1.40 bits per heavy atom. The summed E-state index contributed by atoms with van der Waals surface area (Å²) in [7, 11) is 3.48. The van der Waals surface area contributed by atoms with Gasteiger partial charge in [0.05, 0.1) is 37.8 Å². The second kappa shape index (κ2) is 18.6. The van der Waals surface area contributed by atoms with Crippen molar-refractivity contribution in [3.8, 4) is 0 Å². The van der Waals surface area contributed by atoms with Gasteiger partial charge in [-0.15, -0.1) is 0 Å². The van der Waals surface area contributed by atoms with Crippen LogP contribution in [-0.4, -0.2) is 127 Å². The van der Waals surface area contributed by atoms with Gasteiger partial charge in [-0.2, -0.15) is 0 Å². The van der Waals surface area contributed by atoms with Crippen LogP contribution in [0.3, 0.4) is 0 Å². The van der Waals surface area contributed by atoms with Gasteiger partial charge in [0.25, 0.3) is 23.6 Å². The molecule has 4 heterocycles. The molecule has 2 aromatic carbocycles. The number of hydrogen-bond donors (Lipinski definition) is 4. The average Bonchev–Trinajstić information content (AvgIpc) is 3.77. The highest BCUT2D eigenvalue weighted by molar-refractivity contribution is 6.11. The minimum absolute atomic E-state index is 0.219. The van der Waals surface area contributed by atoms with E-state index in [1.165, 1.54) is 0 Å². The fourth-order valence-electron chi connectivity index (χ4n) is 6.50. The van der Waals surface area contributed by atoms with Crippen molar-refractivity contribution in [1.82, 2.24) is 29.6 Å². The summed E-state index contributed by atoms with van der Waals surface area (Å²) in [6.07, 6.45) is 4.17.